The third-order valence-corrected chi connectivity index (χ3v) is 2.52. The Morgan fingerprint density at radius 1 is 1.47 bits per heavy atom. The maximum absolute atomic E-state index is 13.1. The minimum Gasteiger partial charge on any atom is -0.387 e. The first-order valence-electron chi connectivity index (χ1n) is 5.13. The van der Waals surface area contributed by atoms with Gasteiger partial charge >= 0.3 is 0 Å². The largest absolute Gasteiger partial charge is 0.387 e. The van der Waals surface area contributed by atoms with Gasteiger partial charge in [0.25, 0.3) is 0 Å². The first kappa shape index (κ1) is 12.1. The molecular weight excluding hydrogens is 193 g/mol. The average Bonchev–Trinajstić information content (AvgIpc) is 2.18. The number of rotatable bonds is 4. The number of alkyl halides is 1. The third-order valence-electron chi connectivity index (χ3n) is 2.52. The van der Waals surface area contributed by atoms with Gasteiger partial charge < -0.3 is 10.4 Å². The van der Waals surface area contributed by atoms with Gasteiger partial charge in [-0.3, -0.25) is 0 Å². The van der Waals surface area contributed by atoms with Gasteiger partial charge in [0, 0.05) is 6.54 Å². The summed E-state index contributed by atoms with van der Waals surface area (Å²) in [6, 6.07) is 5.34. The van der Waals surface area contributed by atoms with E-state index in [2.05, 4.69) is 5.32 Å². The van der Waals surface area contributed by atoms with Crippen LogP contribution in [-0.4, -0.2) is 18.7 Å². The first-order chi connectivity index (χ1) is 7.06. The Labute approximate surface area is 90.1 Å². The fourth-order valence-electron chi connectivity index (χ4n) is 1.57. The van der Waals surface area contributed by atoms with Crippen molar-refractivity contribution in [1.82, 2.24) is 5.32 Å². The summed E-state index contributed by atoms with van der Waals surface area (Å²) in [5.41, 5.74) is 2.40. The van der Waals surface area contributed by atoms with Gasteiger partial charge in [0.1, 0.15) is 6.17 Å². The van der Waals surface area contributed by atoms with Crippen LogP contribution in [0.15, 0.2) is 18.2 Å². The van der Waals surface area contributed by atoms with E-state index in [1.165, 1.54) is 6.92 Å². The van der Waals surface area contributed by atoms with Crippen LogP contribution in [0, 0.1) is 6.92 Å². The topological polar surface area (TPSA) is 32.3 Å². The molecule has 0 saturated heterocycles. The quantitative estimate of drug-likeness (QED) is 0.800. The van der Waals surface area contributed by atoms with Crippen molar-refractivity contribution in [3.63, 3.8) is 0 Å². The Morgan fingerprint density at radius 3 is 2.67 bits per heavy atom. The number of benzene rings is 1. The van der Waals surface area contributed by atoms with Crippen LogP contribution in [0.2, 0.25) is 0 Å². The van der Waals surface area contributed by atoms with Gasteiger partial charge in [0.15, 0.2) is 0 Å². The van der Waals surface area contributed by atoms with Gasteiger partial charge in [-0.25, -0.2) is 4.39 Å². The van der Waals surface area contributed by atoms with Crippen molar-refractivity contribution in [1.29, 1.82) is 0 Å². The van der Waals surface area contributed by atoms with Gasteiger partial charge in [0.2, 0.25) is 0 Å². The Balaban J connectivity index is 2.99. The fraction of sp³-hybridized carbons (Fsp3) is 0.500. The maximum atomic E-state index is 13.1. The molecule has 0 aliphatic carbocycles. The molecule has 0 bridgehead atoms. The molecule has 0 amide bonds. The normalized spacial score (nSPS) is 15.0. The third kappa shape index (κ3) is 3.01. The highest BCUT2D eigenvalue weighted by Gasteiger charge is 2.12. The van der Waals surface area contributed by atoms with Crippen LogP contribution >= 0.6 is 0 Å². The van der Waals surface area contributed by atoms with E-state index in [0.29, 0.717) is 12.1 Å². The number of aryl methyl sites for hydroxylation is 1. The van der Waals surface area contributed by atoms with E-state index < -0.39 is 12.3 Å². The standard InChI is InChI=1S/C12H18FNO/c1-8-4-5-10(9(2)13)6-11(8)12(15)7-14-3/h4-6,9,12,14-15H,7H2,1-3H3. The summed E-state index contributed by atoms with van der Waals surface area (Å²) >= 11 is 0. The minimum absolute atomic E-state index is 0.477. The summed E-state index contributed by atoms with van der Waals surface area (Å²) in [4.78, 5) is 0. The number of halogens is 1. The Bertz CT molecular complexity index is 325. The fourth-order valence-corrected chi connectivity index (χ4v) is 1.57. The second kappa shape index (κ2) is 5.24. The molecule has 2 unspecified atom stereocenters. The predicted octanol–water partition coefficient (Wildman–Crippen LogP) is 2.28. The summed E-state index contributed by atoms with van der Waals surface area (Å²) in [6.45, 7) is 3.89. The van der Waals surface area contributed by atoms with Crippen molar-refractivity contribution < 1.29 is 9.50 Å². The molecule has 3 heteroatoms. The van der Waals surface area contributed by atoms with E-state index in [9.17, 15) is 9.50 Å². The van der Waals surface area contributed by atoms with Crippen molar-refractivity contribution in [2.24, 2.45) is 0 Å². The Morgan fingerprint density at radius 2 is 2.13 bits per heavy atom. The van der Waals surface area contributed by atoms with Crippen molar-refractivity contribution in [2.75, 3.05) is 13.6 Å². The summed E-state index contributed by atoms with van der Waals surface area (Å²) in [7, 11) is 1.78. The van der Waals surface area contributed by atoms with Crippen LogP contribution in [0.3, 0.4) is 0 Å². The zero-order chi connectivity index (χ0) is 11.4. The van der Waals surface area contributed by atoms with Gasteiger partial charge in [-0.2, -0.15) is 0 Å². The lowest BCUT2D eigenvalue weighted by Gasteiger charge is -2.15. The van der Waals surface area contributed by atoms with Crippen molar-refractivity contribution in [2.45, 2.75) is 26.1 Å². The molecule has 15 heavy (non-hydrogen) atoms. The zero-order valence-electron chi connectivity index (χ0n) is 9.42. The summed E-state index contributed by atoms with van der Waals surface area (Å²) < 4.78 is 13.1. The summed E-state index contributed by atoms with van der Waals surface area (Å²) in [5.74, 6) is 0. The van der Waals surface area contributed by atoms with Crippen LogP contribution in [0.1, 0.15) is 35.9 Å². The highest BCUT2D eigenvalue weighted by molar-refractivity contribution is 5.33. The highest BCUT2D eigenvalue weighted by Crippen LogP contribution is 2.23. The monoisotopic (exact) mass is 211 g/mol. The van der Waals surface area contributed by atoms with Gasteiger partial charge in [-0.1, -0.05) is 18.2 Å². The van der Waals surface area contributed by atoms with E-state index in [1.54, 1.807) is 19.2 Å². The van der Waals surface area contributed by atoms with Crippen LogP contribution in [-0.2, 0) is 0 Å². The maximum Gasteiger partial charge on any atom is 0.122 e. The predicted molar refractivity (Wildman–Crippen MR) is 59.6 cm³/mol. The highest BCUT2D eigenvalue weighted by atomic mass is 19.1. The molecule has 0 aromatic heterocycles. The molecule has 0 saturated carbocycles. The SMILES string of the molecule is CNCC(O)c1cc(C(C)F)ccc1C. The number of aliphatic hydroxyl groups excluding tert-OH is 1. The molecule has 1 aromatic rings. The van der Waals surface area contributed by atoms with E-state index in [4.69, 9.17) is 0 Å². The molecule has 0 radical (unpaired) electrons. The van der Waals surface area contributed by atoms with Crippen LogP contribution in [0.4, 0.5) is 4.39 Å². The first-order valence-corrected chi connectivity index (χ1v) is 5.13. The number of hydrogen-bond acceptors (Lipinski definition) is 2. The van der Waals surface area contributed by atoms with Crippen LogP contribution < -0.4 is 5.32 Å². The lowest BCUT2D eigenvalue weighted by atomic mass is 9.99. The van der Waals surface area contributed by atoms with E-state index in [1.807, 2.05) is 13.0 Å². The zero-order valence-corrected chi connectivity index (χ0v) is 9.42. The molecule has 0 aliphatic heterocycles. The smallest absolute Gasteiger partial charge is 0.122 e. The molecule has 2 N–H and O–H groups in total. The van der Waals surface area contributed by atoms with Gasteiger partial charge in [-0.15, -0.1) is 0 Å². The van der Waals surface area contributed by atoms with E-state index in [-0.39, 0.29) is 0 Å². The Hall–Kier alpha value is -0.930. The molecule has 84 valence electrons. The number of hydrogen-bond donors (Lipinski definition) is 2. The van der Waals surface area contributed by atoms with E-state index in [0.717, 1.165) is 11.1 Å². The van der Waals surface area contributed by atoms with Crippen molar-refractivity contribution in [3.8, 4) is 0 Å². The van der Waals surface area contributed by atoms with E-state index >= 15 is 0 Å². The van der Waals surface area contributed by atoms with Gasteiger partial charge in [-0.05, 0) is 37.6 Å². The molecule has 0 fully saturated rings. The second-order valence-electron chi connectivity index (χ2n) is 3.81. The lowest BCUT2D eigenvalue weighted by Crippen LogP contribution is -2.17. The summed E-state index contributed by atoms with van der Waals surface area (Å²) in [6.07, 6.45) is -1.57. The molecular formula is C12H18FNO. The number of aliphatic hydroxyl groups is 1. The Kier molecular flexibility index (Phi) is 4.24. The minimum atomic E-state index is -0.994. The molecule has 2 atom stereocenters. The molecule has 0 heterocycles. The van der Waals surface area contributed by atoms with Crippen molar-refractivity contribution >= 4 is 0 Å². The second-order valence-corrected chi connectivity index (χ2v) is 3.81. The molecule has 0 aliphatic rings. The average molecular weight is 211 g/mol. The summed E-state index contributed by atoms with van der Waals surface area (Å²) in [5, 5.41) is 12.7. The molecule has 0 spiro atoms. The number of likely N-dealkylation sites (N-methyl/N-ethyl adjacent to an activating group) is 1. The van der Waals surface area contributed by atoms with Crippen molar-refractivity contribution in [3.05, 3.63) is 34.9 Å². The number of nitrogens with one attached hydrogen (secondary N) is 1. The van der Waals surface area contributed by atoms with Crippen LogP contribution in [0.5, 0.6) is 0 Å². The van der Waals surface area contributed by atoms with Gasteiger partial charge in [0.05, 0.1) is 6.10 Å². The lowest BCUT2D eigenvalue weighted by molar-refractivity contribution is 0.177. The molecule has 1 aromatic carbocycles. The molecule has 1 rings (SSSR count). The molecule has 2 nitrogen and oxygen atoms in total. The van der Waals surface area contributed by atoms with Crippen LogP contribution in [0.25, 0.3) is 0 Å².